The molecule has 1 unspecified atom stereocenters. The summed E-state index contributed by atoms with van der Waals surface area (Å²) in [6, 6.07) is 38.8. The molecule has 30 heavy (non-hydrogen) atoms. The van der Waals surface area contributed by atoms with Crippen molar-refractivity contribution in [1.29, 1.82) is 0 Å². The van der Waals surface area contributed by atoms with Crippen molar-refractivity contribution < 1.29 is 4.74 Å². The van der Waals surface area contributed by atoms with Crippen molar-refractivity contribution in [3.05, 3.63) is 132 Å². The van der Waals surface area contributed by atoms with Gasteiger partial charge in [-0.2, -0.15) is 0 Å². The molecular formula is C28H23OP. The Bertz CT molecular complexity index is 1130. The smallest absolute Gasteiger partial charge is 0.131 e. The SMILES string of the molecule is Cc1ccc2c(c1)OC(c1ccccc1)=CC2P(c1ccccc1)c1ccccc1. The second kappa shape index (κ2) is 8.30. The molecule has 0 N–H and O–H groups in total. The van der Waals surface area contributed by atoms with Gasteiger partial charge in [-0.15, -0.1) is 0 Å². The fraction of sp³-hybridized carbons (Fsp3) is 0.0714. The maximum absolute atomic E-state index is 6.42. The molecule has 0 radical (unpaired) electrons. The van der Waals surface area contributed by atoms with E-state index in [9.17, 15) is 0 Å². The number of fused-ring (bicyclic) bond motifs is 1. The molecule has 1 atom stereocenters. The molecule has 1 aliphatic rings. The van der Waals surface area contributed by atoms with Gasteiger partial charge >= 0.3 is 0 Å². The molecule has 4 aromatic rings. The second-order valence-corrected chi connectivity index (χ2v) is 9.86. The molecule has 2 heteroatoms. The molecule has 0 fully saturated rings. The number of allylic oxidation sites excluding steroid dienone is 1. The average Bonchev–Trinajstić information content (AvgIpc) is 2.81. The van der Waals surface area contributed by atoms with Gasteiger partial charge in [-0.05, 0) is 43.2 Å². The molecule has 0 saturated carbocycles. The van der Waals surface area contributed by atoms with Crippen LogP contribution in [0.5, 0.6) is 5.75 Å². The molecule has 0 bridgehead atoms. The topological polar surface area (TPSA) is 9.23 Å². The largest absolute Gasteiger partial charge is 0.457 e. The first-order chi connectivity index (χ1) is 14.8. The van der Waals surface area contributed by atoms with Crippen LogP contribution in [0.1, 0.15) is 22.3 Å². The van der Waals surface area contributed by atoms with Crippen LogP contribution in [0.25, 0.3) is 5.76 Å². The zero-order chi connectivity index (χ0) is 20.3. The van der Waals surface area contributed by atoms with E-state index in [1.165, 1.54) is 21.7 Å². The van der Waals surface area contributed by atoms with Crippen molar-refractivity contribution in [2.45, 2.75) is 12.6 Å². The maximum atomic E-state index is 6.42. The highest BCUT2D eigenvalue weighted by molar-refractivity contribution is 7.73. The van der Waals surface area contributed by atoms with Gasteiger partial charge in [-0.1, -0.05) is 103 Å². The monoisotopic (exact) mass is 406 g/mol. The fourth-order valence-electron chi connectivity index (χ4n) is 3.98. The van der Waals surface area contributed by atoms with Crippen LogP contribution in [-0.2, 0) is 0 Å². The van der Waals surface area contributed by atoms with E-state index in [-0.39, 0.29) is 5.66 Å². The lowest BCUT2D eigenvalue weighted by atomic mass is 10.0. The highest BCUT2D eigenvalue weighted by atomic mass is 31.1. The number of rotatable bonds is 4. The summed E-state index contributed by atoms with van der Waals surface area (Å²) < 4.78 is 6.42. The molecule has 0 aliphatic carbocycles. The summed E-state index contributed by atoms with van der Waals surface area (Å²) >= 11 is 0. The van der Waals surface area contributed by atoms with E-state index in [1.807, 2.05) is 6.07 Å². The van der Waals surface area contributed by atoms with Crippen LogP contribution < -0.4 is 15.3 Å². The van der Waals surface area contributed by atoms with Crippen molar-refractivity contribution in [1.82, 2.24) is 0 Å². The minimum Gasteiger partial charge on any atom is -0.457 e. The van der Waals surface area contributed by atoms with Crippen LogP contribution >= 0.6 is 7.92 Å². The molecule has 1 nitrogen and oxygen atoms in total. The first-order valence-corrected chi connectivity index (χ1v) is 11.7. The van der Waals surface area contributed by atoms with Gasteiger partial charge in [-0.25, -0.2) is 0 Å². The van der Waals surface area contributed by atoms with Gasteiger partial charge < -0.3 is 4.74 Å². The Hall–Kier alpha value is -3.15. The highest BCUT2D eigenvalue weighted by Gasteiger charge is 2.31. The van der Waals surface area contributed by atoms with E-state index >= 15 is 0 Å². The highest BCUT2D eigenvalue weighted by Crippen LogP contribution is 2.55. The van der Waals surface area contributed by atoms with Crippen molar-refractivity contribution in [3.8, 4) is 5.75 Å². The lowest BCUT2D eigenvalue weighted by Gasteiger charge is -2.32. The summed E-state index contributed by atoms with van der Waals surface area (Å²) in [5.74, 6) is 1.92. The quantitative estimate of drug-likeness (QED) is 0.347. The van der Waals surface area contributed by atoms with Crippen LogP contribution in [-0.4, -0.2) is 0 Å². The summed E-state index contributed by atoms with van der Waals surface area (Å²) in [6.07, 6.45) is 2.33. The summed E-state index contributed by atoms with van der Waals surface area (Å²) in [4.78, 5) is 0. The Balaban J connectivity index is 1.71. The molecule has 5 rings (SSSR count). The molecule has 0 amide bonds. The van der Waals surface area contributed by atoms with Gasteiger partial charge in [0.15, 0.2) is 0 Å². The van der Waals surface area contributed by atoms with E-state index in [1.54, 1.807) is 0 Å². The zero-order valence-corrected chi connectivity index (χ0v) is 17.8. The van der Waals surface area contributed by atoms with Gasteiger partial charge in [0, 0.05) is 16.8 Å². The molecule has 4 aromatic carbocycles. The molecule has 1 aliphatic heterocycles. The van der Waals surface area contributed by atoms with Gasteiger partial charge in [0.25, 0.3) is 0 Å². The predicted molar refractivity (Wildman–Crippen MR) is 128 cm³/mol. The van der Waals surface area contributed by atoms with Gasteiger partial charge in [0.2, 0.25) is 0 Å². The third kappa shape index (κ3) is 3.70. The van der Waals surface area contributed by atoms with E-state index in [0.29, 0.717) is 0 Å². The third-order valence-electron chi connectivity index (χ3n) is 5.42. The second-order valence-electron chi connectivity index (χ2n) is 7.53. The van der Waals surface area contributed by atoms with E-state index in [0.717, 1.165) is 17.1 Å². The molecule has 1 heterocycles. The van der Waals surface area contributed by atoms with E-state index < -0.39 is 7.92 Å². The average molecular weight is 406 g/mol. The van der Waals surface area contributed by atoms with Crippen LogP contribution in [0.15, 0.2) is 115 Å². The minimum absolute atomic E-state index is 0.240. The first kappa shape index (κ1) is 18.9. The van der Waals surface area contributed by atoms with Crippen LogP contribution in [0.2, 0.25) is 0 Å². The van der Waals surface area contributed by atoms with Crippen molar-refractivity contribution in [2.24, 2.45) is 0 Å². The number of benzene rings is 4. The Morgan fingerprint density at radius 3 is 1.83 bits per heavy atom. The van der Waals surface area contributed by atoms with Gasteiger partial charge in [-0.3, -0.25) is 0 Å². The summed E-state index contributed by atoms with van der Waals surface area (Å²) in [5.41, 5.74) is 3.83. The van der Waals surface area contributed by atoms with E-state index in [2.05, 4.69) is 116 Å². The Kier molecular flexibility index (Phi) is 5.22. The standard InChI is InChI=1S/C28H23OP/c1-21-17-18-25-27(19-21)29-26(22-11-5-2-6-12-22)20-28(25)30(23-13-7-3-8-14-23)24-15-9-4-10-16-24/h2-20,28H,1H3. The molecule has 0 saturated heterocycles. The molecular weight excluding hydrogens is 383 g/mol. The summed E-state index contributed by atoms with van der Waals surface area (Å²) in [7, 11) is -0.639. The Labute approximate surface area is 179 Å². The van der Waals surface area contributed by atoms with Crippen molar-refractivity contribution >= 4 is 24.3 Å². The lowest BCUT2D eigenvalue weighted by molar-refractivity contribution is 0.497. The number of ether oxygens (including phenoxy) is 1. The Morgan fingerprint density at radius 1 is 0.667 bits per heavy atom. The van der Waals surface area contributed by atoms with Crippen molar-refractivity contribution in [3.63, 3.8) is 0 Å². The minimum atomic E-state index is -0.639. The molecule has 146 valence electrons. The van der Waals surface area contributed by atoms with Gasteiger partial charge in [0.05, 0.1) is 0 Å². The number of aryl methyl sites for hydroxylation is 1. The van der Waals surface area contributed by atoms with E-state index in [4.69, 9.17) is 4.74 Å². The third-order valence-corrected chi connectivity index (χ3v) is 8.11. The fourth-order valence-corrected chi connectivity index (χ4v) is 6.68. The predicted octanol–water partition coefficient (Wildman–Crippen LogP) is 6.60. The molecule has 0 spiro atoms. The first-order valence-electron chi connectivity index (χ1n) is 10.2. The summed E-state index contributed by atoms with van der Waals surface area (Å²) in [5, 5.41) is 2.75. The zero-order valence-electron chi connectivity index (χ0n) is 16.9. The number of hydrogen-bond acceptors (Lipinski definition) is 1. The van der Waals surface area contributed by atoms with Crippen LogP contribution in [0.4, 0.5) is 0 Å². The summed E-state index contributed by atoms with van der Waals surface area (Å²) in [6.45, 7) is 2.12. The number of hydrogen-bond donors (Lipinski definition) is 0. The normalized spacial score (nSPS) is 15.3. The van der Waals surface area contributed by atoms with Gasteiger partial charge in [0.1, 0.15) is 11.5 Å². The maximum Gasteiger partial charge on any atom is 0.131 e. The Morgan fingerprint density at radius 2 is 1.23 bits per heavy atom. The van der Waals surface area contributed by atoms with Crippen molar-refractivity contribution in [2.75, 3.05) is 0 Å². The molecule has 0 aromatic heterocycles. The van der Waals surface area contributed by atoms with Crippen LogP contribution in [0.3, 0.4) is 0 Å². The lowest BCUT2D eigenvalue weighted by Crippen LogP contribution is -2.19. The van der Waals surface area contributed by atoms with Crippen LogP contribution in [0, 0.1) is 6.92 Å².